The molecule has 3 aromatic carbocycles. The lowest BCUT2D eigenvalue weighted by atomic mass is 10.2. The maximum absolute atomic E-state index is 13.2. The van der Waals surface area contributed by atoms with Crippen molar-refractivity contribution in [3.8, 4) is 0 Å². The van der Waals surface area contributed by atoms with Crippen LogP contribution >= 0.6 is 11.8 Å². The molecular weight excluding hydrogens is 476 g/mol. The molecule has 1 amide bonds. The minimum absolute atomic E-state index is 0.0101. The van der Waals surface area contributed by atoms with E-state index in [2.05, 4.69) is 5.32 Å². The number of non-ortho nitro benzene ring substituents is 1. The Morgan fingerprint density at radius 2 is 1.82 bits per heavy atom. The molecule has 1 N–H and O–H groups in total. The van der Waals surface area contributed by atoms with Gasteiger partial charge in [0.1, 0.15) is 0 Å². The van der Waals surface area contributed by atoms with Crippen LogP contribution in [0.1, 0.15) is 15.9 Å². The zero-order valence-electron chi connectivity index (χ0n) is 18.0. The molecule has 34 heavy (non-hydrogen) atoms. The van der Waals surface area contributed by atoms with Crippen LogP contribution in [-0.2, 0) is 16.4 Å². The van der Waals surface area contributed by atoms with E-state index in [9.17, 15) is 23.3 Å². The average molecular weight is 497 g/mol. The summed E-state index contributed by atoms with van der Waals surface area (Å²) in [7, 11) is -1.95. The van der Waals surface area contributed by atoms with Gasteiger partial charge < -0.3 is 10.2 Å². The van der Waals surface area contributed by atoms with Crippen LogP contribution in [0.3, 0.4) is 0 Å². The molecular formula is C23H20N4O5S2. The maximum atomic E-state index is 13.2. The number of nitrogens with zero attached hydrogens (tertiary/aromatic N) is 3. The fourth-order valence-corrected chi connectivity index (χ4v) is 6.82. The number of fused-ring (bicyclic) bond motifs is 2. The van der Waals surface area contributed by atoms with Gasteiger partial charge in [0.05, 0.1) is 21.2 Å². The van der Waals surface area contributed by atoms with Crippen LogP contribution in [0.4, 0.5) is 17.1 Å². The van der Waals surface area contributed by atoms with Gasteiger partial charge in [-0.05, 0) is 48.4 Å². The number of nitro groups is 1. The number of nitrogens with one attached hydrogen (secondary N) is 1. The number of para-hydroxylation sites is 1. The van der Waals surface area contributed by atoms with Crippen LogP contribution in [0.2, 0.25) is 0 Å². The second-order valence-electron chi connectivity index (χ2n) is 7.94. The van der Waals surface area contributed by atoms with Crippen molar-refractivity contribution in [3.63, 3.8) is 0 Å². The van der Waals surface area contributed by atoms with Crippen molar-refractivity contribution in [3.05, 3.63) is 88.0 Å². The first kappa shape index (κ1) is 22.2. The number of carbonyl (C=O) groups excluding carboxylic acids is 1. The molecule has 0 spiro atoms. The predicted octanol–water partition coefficient (Wildman–Crippen LogP) is 3.60. The third-order valence-electron chi connectivity index (χ3n) is 5.93. The minimum atomic E-state index is -3.74. The van der Waals surface area contributed by atoms with Crippen LogP contribution < -0.4 is 14.5 Å². The Morgan fingerprint density at radius 3 is 2.56 bits per heavy atom. The number of rotatable bonds is 5. The molecule has 5 rings (SSSR count). The van der Waals surface area contributed by atoms with Crippen molar-refractivity contribution in [2.24, 2.45) is 0 Å². The summed E-state index contributed by atoms with van der Waals surface area (Å²) in [5.74, 6) is -0.373. The lowest BCUT2D eigenvalue weighted by Crippen LogP contribution is -2.41. The van der Waals surface area contributed by atoms with Crippen LogP contribution in [0.5, 0.6) is 0 Å². The fourth-order valence-electron chi connectivity index (χ4n) is 4.11. The third kappa shape index (κ3) is 3.76. The van der Waals surface area contributed by atoms with Crippen LogP contribution in [0, 0.1) is 10.1 Å². The Labute approximate surface area is 200 Å². The molecule has 0 fully saturated rings. The Bertz CT molecular complexity index is 1410. The highest BCUT2D eigenvalue weighted by molar-refractivity contribution is 8.00. The zero-order chi connectivity index (χ0) is 24.0. The summed E-state index contributed by atoms with van der Waals surface area (Å²) in [4.78, 5) is 26.1. The molecule has 2 aliphatic heterocycles. The van der Waals surface area contributed by atoms with Crippen LogP contribution in [0.25, 0.3) is 0 Å². The molecule has 2 aliphatic rings. The van der Waals surface area contributed by atoms with Gasteiger partial charge in [0, 0.05) is 36.2 Å². The van der Waals surface area contributed by atoms with E-state index in [0.717, 1.165) is 11.3 Å². The van der Waals surface area contributed by atoms with Gasteiger partial charge in [0.25, 0.3) is 21.6 Å². The first-order valence-electron chi connectivity index (χ1n) is 10.5. The van der Waals surface area contributed by atoms with Crippen molar-refractivity contribution < 1.29 is 18.1 Å². The third-order valence-corrected chi connectivity index (χ3v) is 8.99. The molecule has 0 radical (unpaired) electrons. The van der Waals surface area contributed by atoms with Crippen molar-refractivity contribution in [1.82, 2.24) is 5.32 Å². The van der Waals surface area contributed by atoms with Gasteiger partial charge in [0.2, 0.25) is 0 Å². The lowest BCUT2D eigenvalue weighted by molar-refractivity contribution is -0.385. The molecule has 11 heteroatoms. The summed E-state index contributed by atoms with van der Waals surface area (Å²) in [6.07, 6.45) is 0.661. The molecule has 0 aliphatic carbocycles. The molecule has 0 saturated carbocycles. The Balaban J connectivity index is 1.30. The van der Waals surface area contributed by atoms with E-state index >= 15 is 0 Å². The van der Waals surface area contributed by atoms with Gasteiger partial charge in [-0.25, -0.2) is 8.42 Å². The molecule has 1 atom stereocenters. The van der Waals surface area contributed by atoms with E-state index < -0.39 is 20.4 Å². The molecule has 0 aromatic heterocycles. The first-order chi connectivity index (χ1) is 16.3. The number of nitro benzene ring substituents is 1. The Hall–Kier alpha value is -3.57. The Kier molecular flexibility index (Phi) is 5.45. The van der Waals surface area contributed by atoms with Gasteiger partial charge in [-0.15, -0.1) is 0 Å². The summed E-state index contributed by atoms with van der Waals surface area (Å²) >= 11 is 1.30. The van der Waals surface area contributed by atoms with Gasteiger partial charge >= 0.3 is 0 Å². The highest BCUT2D eigenvalue weighted by Crippen LogP contribution is 2.43. The van der Waals surface area contributed by atoms with E-state index in [1.165, 1.54) is 52.5 Å². The van der Waals surface area contributed by atoms with E-state index in [1.54, 1.807) is 19.2 Å². The maximum Gasteiger partial charge on any atom is 0.270 e. The normalized spacial score (nSPS) is 16.8. The van der Waals surface area contributed by atoms with Crippen LogP contribution in [-0.4, -0.2) is 38.3 Å². The summed E-state index contributed by atoms with van der Waals surface area (Å²) in [5.41, 5.74) is 2.32. The summed E-state index contributed by atoms with van der Waals surface area (Å²) in [5, 5.41) is 13.9. The smallest absolute Gasteiger partial charge is 0.270 e. The number of sulfonamides is 1. The number of hydrogen-bond donors (Lipinski definition) is 1. The predicted molar refractivity (Wildman–Crippen MR) is 130 cm³/mol. The highest BCUT2D eigenvalue weighted by atomic mass is 32.2. The van der Waals surface area contributed by atoms with E-state index in [0.29, 0.717) is 29.1 Å². The zero-order valence-corrected chi connectivity index (χ0v) is 19.7. The molecule has 0 unspecified atom stereocenters. The molecule has 3 aromatic rings. The number of hydrogen-bond acceptors (Lipinski definition) is 7. The van der Waals surface area contributed by atoms with Crippen molar-refractivity contribution in [1.29, 1.82) is 0 Å². The highest BCUT2D eigenvalue weighted by Gasteiger charge is 2.32. The van der Waals surface area contributed by atoms with Crippen LogP contribution in [0.15, 0.2) is 76.5 Å². The SMILES string of the molecule is CN1c2ccc([N+](=O)[O-])cc2S[C@H]1NC(=O)c1ccc(S(=O)(=O)N2CCc3ccccc32)cc1. The monoisotopic (exact) mass is 496 g/mol. The van der Waals surface area contributed by atoms with E-state index in [4.69, 9.17) is 0 Å². The lowest BCUT2D eigenvalue weighted by Gasteiger charge is -2.22. The quantitative estimate of drug-likeness (QED) is 0.424. The summed E-state index contributed by atoms with van der Waals surface area (Å²) in [6, 6.07) is 17.8. The summed E-state index contributed by atoms with van der Waals surface area (Å²) < 4.78 is 27.7. The van der Waals surface area contributed by atoms with E-state index in [-0.39, 0.29) is 16.5 Å². The first-order valence-corrected chi connectivity index (χ1v) is 12.8. The molecule has 174 valence electrons. The second kappa shape index (κ2) is 8.33. The number of carbonyl (C=O) groups is 1. The number of anilines is 2. The molecule has 9 nitrogen and oxygen atoms in total. The van der Waals surface area contributed by atoms with Crippen molar-refractivity contribution in [2.75, 3.05) is 22.8 Å². The van der Waals surface area contributed by atoms with Crippen molar-refractivity contribution in [2.45, 2.75) is 21.7 Å². The molecule has 0 bridgehead atoms. The fraction of sp³-hybridized carbons (Fsp3) is 0.174. The molecule has 2 heterocycles. The van der Waals surface area contributed by atoms with Gasteiger partial charge in [-0.2, -0.15) is 0 Å². The average Bonchev–Trinajstić information content (AvgIpc) is 3.40. The van der Waals surface area contributed by atoms with Gasteiger partial charge in [-0.1, -0.05) is 30.0 Å². The largest absolute Gasteiger partial charge is 0.345 e. The van der Waals surface area contributed by atoms with Crippen molar-refractivity contribution >= 4 is 44.8 Å². The number of benzene rings is 3. The number of amides is 1. The second-order valence-corrected chi connectivity index (χ2v) is 10.9. The number of thioether (sulfide) groups is 1. The van der Waals surface area contributed by atoms with Gasteiger partial charge in [0.15, 0.2) is 5.50 Å². The van der Waals surface area contributed by atoms with Gasteiger partial charge in [-0.3, -0.25) is 19.2 Å². The Morgan fingerprint density at radius 1 is 1.09 bits per heavy atom. The molecule has 0 saturated heterocycles. The minimum Gasteiger partial charge on any atom is -0.345 e. The topological polar surface area (TPSA) is 113 Å². The standard InChI is InChI=1S/C23H20N4O5S2/c1-25-20-11-8-17(27(29)30)14-21(20)33-23(25)24-22(28)16-6-9-18(10-7-16)34(31,32)26-13-12-15-4-2-3-5-19(15)26/h2-11,14,23H,12-13H2,1H3,(H,24,28)/t23-/m0/s1. The summed E-state index contributed by atoms with van der Waals surface area (Å²) in [6.45, 7) is 0.383. The van der Waals surface area contributed by atoms with E-state index in [1.807, 2.05) is 23.1 Å².